The second-order valence-corrected chi connectivity index (χ2v) is 8.05. The standard InChI is InChI=1S/C23H24O12/c1-9(25)32-22-18(8-24)35-23(20(31)19(22)30)34-17-7-12-14(28)5-11(26)6-16(12)33-21(17)10-2-3-13(27)15(29)4-10/h2-7,16,18-20,22-24,26-31H,8H2,1H3. The summed E-state index contributed by atoms with van der Waals surface area (Å²) in [5.74, 6) is -2.33. The van der Waals surface area contributed by atoms with Crippen molar-refractivity contribution in [3.63, 3.8) is 0 Å². The van der Waals surface area contributed by atoms with Gasteiger partial charge in [-0.15, -0.1) is 0 Å². The zero-order chi connectivity index (χ0) is 25.4. The average Bonchev–Trinajstić information content (AvgIpc) is 2.80. The van der Waals surface area contributed by atoms with Gasteiger partial charge in [0.1, 0.15) is 35.9 Å². The van der Waals surface area contributed by atoms with E-state index in [2.05, 4.69) is 0 Å². The van der Waals surface area contributed by atoms with Gasteiger partial charge in [0, 0.05) is 30.2 Å². The quantitative estimate of drug-likeness (QED) is 0.221. The highest BCUT2D eigenvalue weighted by atomic mass is 16.7. The monoisotopic (exact) mass is 492 g/mol. The maximum absolute atomic E-state index is 11.4. The van der Waals surface area contributed by atoms with Crippen LogP contribution in [-0.4, -0.2) is 85.1 Å². The number of hydrogen-bond acceptors (Lipinski definition) is 12. The second kappa shape index (κ2) is 9.50. The van der Waals surface area contributed by atoms with Crippen molar-refractivity contribution < 1.29 is 59.5 Å². The summed E-state index contributed by atoms with van der Waals surface area (Å²) in [5.41, 5.74) is 0.404. The molecule has 1 saturated heterocycles. The average molecular weight is 492 g/mol. The fraction of sp³-hybridized carbons (Fsp3) is 0.348. The van der Waals surface area contributed by atoms with Gasteiger partial charge in [0.25, 0.3) is 0 Å². The van der Waals surface area contributed by atoms with E-state index in [1.54, 1.807) is 0 Å². The number of phenolic OH excluding ortho intramolecular Hbond substituents is 2. The van der Waals surface area contributed by atoms with Gasteiger partial charge in [0.2, 0.25) is 6.29 Å². The van der Waals surface area contributed by atoms with Crippen molar-refractivity contribution in [1.29, 1.82) is 0 Å². The number of rotatable bonds is 5. The van der Waals surface area contributed by atoms with Gasteiger partial charge >= 0.3 is 5.97 Å². The molecule has 1 aromatic rings. The summed E-state index contributed by atoms with van der Waals surface area (Å²) < 4.78 is 22.2. The van der Waals surface area contributed by atoms with Crippen molar-refractivity contribution >= 4 is 11.7 Å². The van der Waals surface area contributed by atoms with Crippen LogP contribution in [-0.2, 0) is 23.7 Å². The Morgan fingerprint density at radius 2 is 1.80 bits per heavy atom. The number of carbonyl (C=O) groups is 1. The molecule has 12 nitrogen and oxygen atoms in total. The Kier molecular flexibility index (Phi) is 6.63. The molecule has 2 heterocycles. The summed E-state index contributed by atoms with van der Waals surface area (Å²) in [7, 11) is 0. The first-order valence-corrected chi connectivity index (χ1v) is 10.5. The van der Waals surface area contributed by atoms with Crippen LogP contribution < -0.4 is 0 Å². The van der Waals surface area contributed by atoms with E-state index < -0.39 is 60.9 Å². The topological polar surface area (TPSA) is 196 Å². The van der Waals surface area contributed by atoms with Gasteiger partial charge in [-0.05, 0) is 24.3 Å². The van der Waals surface area contributed by atoms with E-state index in [-0.39, 0.29) is 34.2 Å². The number of aliphatic hydroxyl groups excluding tert-OH is 5. The Morgan fingerprint density at radius 3 is 2.46 bits per heavy atom. The van der Waals surface area contributed by atoms with E-state index in [1.165, 1.54) is 30.4 Å². The van der Waals surface area contributed by atoms with Gasteiger partial charge in [-0.25, -0.2) is 0 Å². The van der Waals surface area contributed by atoms with E-state index in [9.17, 15) is 40.5 Å². The second-order valence-electron chi connectivity index (χ2n) is 8.05. The van der Waals surface area contributed by atoms with Crippen molar-refractivity contribution in [3.05, 3.63) is 64.8 Å². The molecule has 1 aliphatic carbocycles. The normalized spacial score (nSPS) is 30.3. The SMILES string of the molecule is CC(=O)OC1C(CO)OC(OC2=C(c3ccc(O)c(O)c3)OC3C=C(O)C=C(O)C3=C2)C(O)C1O. The highest BCUT2D eigenvalue weighted by molar-refractivity contribution is 5.70. The number of allylic oxidation sites excluding steroid dienone is 2. The Bertz CT molecular complexity index is 1130. The molecule has 12 heteroatoms. The van der Waals surface area contributed by atoms with Crippen LogP contribution in [0.1, 0.15) is 12.5 Å². The molecular weight excluding hydrogens is 468 g/mol. The number of fused-ring (bicyclic) bond motifs is 1. The molecular formula is C23H24O12. The highest BCUT2D eigenvalue weighted by Gasteiger charge is 2.48. The van der Waals surface area contributed by atoms with Crippen LogP contribution in [0.5, 0.6) is 11.5 Å². The van der Waals surface area contributed by atoms with Gasteiger partial charge in [-0.2, -0.15) is 0 Å². The number of aliphatic hydroxyl groups is 5. The zero-order valence-corrected chi connectivity index (χ0v) is 18.3. The van der Waals surface area contributed by atoms with Gasteiger partial charge in [-0.1, -0.05) is 0 Å². The van der Waals surface area contributed by atoms with Crippen molar-refractivity contribution in [2.45, 2.75) is 43.7 Å². The lowest BCUT2D eigenvalue weighted by Gasteiger charge is -2.41. The number of carbonyl (C=O) groups excluding carboxylic acids is 1. The van der Waals surface area contributed by atoms with Gasteiger partial charge in [0.05, 0.1) is 6.61 Å². The molecule has 7 N–H and O–H groups in total. The maximum atomic E-state index is 11.4. The summed E-state index contributed by atoms with van der Waals surface area (Å²) in [6.45, 7) is 0.422. The molecule has 188 valence electrons. The lowest BCUT2D eigenvalue weighted by Crippen LogP contribution is -2.60. The molecule has 6 atom stereocenters. The van der Waals surface area contributed by atoms with E-state index in [0.717, 1.165) is 13.0 Å². The zero-order valence-electron chi connectivity index (χ0n) is 18.3. The molecule has 2 aliphatic heterocycles. The maximum Gasteiger partial charge on any atom is 0.303 e. The molecule has 0 radical (unpaired) electrons. The first-order valence-electron chi connectivity index (χ1n) is 10.5. The van der Waals surface area contributed by atoms with Crippen LogP contribution in [0.25, 0.3) is 5.76 Å². The minimum Gasteiger partial charge on any atom is -0.508 e. The third kappa shape index (κ3) is 4.77. The van der Waals surface area contributed by atoms with Crippen molar-refractivity contribution in [2.24, 2.45) is 0 Å². The molecule has 0 aromatic heterocycles. The molecule has 3 aliphatic rings. The van der Waals surface area contributed by atoms with Crippen LogP contribution in [0.2, 0.25) is 0 Å². The van der Waals surface area contributed by atoms with E-state index >= 15 is 0 Å². The number of ether oxygens (including phenoxy) is 4. The predicted molar refractivity (Wildman–Crippen MR) is 115 cm³/mol. The van der Waals surface area contributed by atoms with Crippen molar-refractivity contribution in [2.75, 3.05) is 6.61 Å². The smallest absolute Gasteiger partial charge is 0.303 e. The molecule has 6 unspecified atom stereocenters. The minimum atomic E-state index is -1.74. The number of phenols is 2. The predicted octanol–water partition coefficient (Wildman–Crippen LogP) is 0.376. The molecule has 1 fully saturated rings. The van der Waals surface area contributed by atoms with E-state index in [0.29, 0.717) is 0 Å². The van der Waals surface area contributed by atoms with Crippen LogP contribution in [0.4, 0.5) is 0 Å². The first kappa shape index (κ1) is 24.4. The van der Waals surface area contributed by atoms with Crippen LogP contribution in [0, 0.1) is 0 Å². The Labute approximate surface area is 198 Å². The number of hydrogen-bond donors (Lipinski definition) is 7. The Balaban J connectivity index is 1.72. The Hall–Kier alpha value is -3.71. The Morgan fingerprint density at radius 1 is 1.06 bits per heavy atom. The summed E-state index contributed by atoms with van der Waals surface area (Å²) in [6.07, 6.45) is -4.80. The third-order valence-corrected chi connectivity index (χ3v) is 5.57. The number of benzene rings is 1. The molecule has 4 rings (SSSR count). The lowest BCUT2D eigenvalue weighted by atomic mass is 9.96. The minimum absolute atomic E-state index is 0.0271. The van der Waals surface area contributed by atoms with E-state index in [4.69, 9.17) is 18.9 Å². The largest absolute Gasteiger partial charge is 0.508 e. The number of esters is 1. The van der Waals surface area contributed by atoms with Crippen LogP contribution >= 0.6 is 0 Å². The third-order valence-electron chi connectivity index (χ3n) is 5.57. The highest BCUT2D eigenvalue weighted by Crippen LogP contribution is 2.39. The van der Waals surface area contributed by atoms with Crippen LogP contribution in [0.15, 0.2) is 59.3 Å². The number of aromatic hydroxyl groups is 2. The van der Waals surface area contributed by atoms with Gasteiger partial charge in [-0.3, -0.25) is 4.79 Å². The summed E-state index contributed by atoms with van der Waals surface area (Å²) in [6, 6.07) is 3.77. The summed E-state index contributed by atoms with van der Waals surface area (Å²) in [5, 5.41) is 70.5. The molecule has 1 aromatic carbocycles. The van der Waals surface area contributed by atoms with Crippen LogP contribution in [0.3, 0.4) is 0 Å². The van der Waals surface area contributed by atoms with E-state index in [1.807, 2.05) is 0 Å². The van der Waals surface area contributed by atoms with Crippen molar-refractivity contribution in [3.8, 4) is 11.5 Å². The molecule has 0 spiro atoms. The fourth-order valence-corrected chi connectivity index (χ4v) is 3.88. The van der Waals surface area contributed by atoms with Gasteiger partial charge in [0.15, 0.2) is 29.1 Å². The first-order chi connectivity index (χ1) is 16.6. The summed E-state index contributed by atoms with van der Waals surface area (Å²) >= 11 is 0. The molecule has 35 heavy (non-hydrogen) atoms. The molecule has 0 saturated carbocycles. The van der Waals surface area contributed by atoms with Gasteiger partial charge < -0.3 is 54.7 Å². The molecule has 0 bridgehead atoms. The summed E-state index contributed by atoms with van der Waals surface area (Å²) in [4.78, 5) is 11.4. The van der Waals surface area contributed by atoms with Crippen molar-refractivity contribution in [1.82, 2.24) is 0 Å². The molecule has 0 amide bonds. The fourth-order valence-electron chi connectivity index (χ4n) is 3.88. The lowest BCUT2D eigenvalue weighted by molar-refractivity contribution is -0.293.